The van der Waals surface area contributed by atoms with Crippen molar-refractivity contribution < 1.29 is 0 Å². The molecule has 3 rings (SSSR count). The van der Waals surface area contributed by atoms with E-state index in [1.54, 1.807) is 0 Å². The third-order valence-electron chi connectivity index (χ3n) is 4.22. The Balaban J connectivity index is 1.96. The Morgan fingerprint density at radius 2 is 1.95 bits per heavy atom. The highest BCUT2D eigenvalue weighted by Crippen LogP contribution is 2.29. The molecule has 0 aliphatic heterocycles. The predicted octanol–water partition coefficient (Wildman–Crippen LogP) is 2.55. The summed E-state index contributed by atoms with van der Waals surface area (Å²) < 4.78 is 0. The lowest BCUT2D eigenvalue weighted by atomic mass is 10.1. The minimum absolute atomic E-state index is 0.565. The summed E-state index contributed by atoms with van der Waals surface area (Å²) in [6.45, 7) is 0. The van der Waals surface area contributed by atoms with Crippen LogP contribution in [0.5, 0.6) is 0 Å². The van der Waals surface area contributed by atoms with Gasteiger partial charge in [-0.15, -0.1) is 0 Å². The van der Waals surface area contributed by atoms with Gasteiger partial charge in [0, 0.05) is 20.1 Å². The highest BCUT2D eigenvalue weighted by atomic mass is 15.3. The summed E-state index contributed by atoms with van der Waals surface area (Å²) in [5.41, 5.74) is 0.792. The first-order chi connectivity index (χ1) is 9.79. The fourth-order valence-corrected chi connectivity index (χ4v) is 3.02. The van der Waals surface area contributed by atoms with Gasteiger partial charge >= 0.3 is 0 Å². The van der Waals surface area contributed by atoms with Crippen molar-refractivity contribution in [3.05, 3.63) is 6.20 Å². The molecule has 0 unspecified atom stereocenters. The van der Waals surface area contributed by atoms with Gasteiger partial charge in [0.05, 0.1) is 11.6 Å². The molecular weight excluding hydrogens is 252 g/mol. The molecule has 2 heterocycles. The molecule has 1 fully saturated rings. The zero-order chi connectivity index (χ0) is 13.9. The summed E-state index contributed by atoms with van der Waals surface area (Å²) in [5.74, 6) is 1.61. The van der Waals surface area contributed by atoms with Crippen LogP contribution in [-0.4, -0.2) is 40.3 Å². The number of aromatic amines is 1. The molecule has 0 radical (unpaired) electrons. The van der Waals surface area contributed by atoms with Gasteiger partial charge in [0.1, 0.15) is 5.82 Å². The van der Waals surface area contributed by atoms with Crippen LogP contribution in [0.4, 0.5) is 11.8 Å². The molecule has 0 aromatic carbocycles. The van der Waals surface area contributed by atoms with E-state index >= 15 is 0 Å². The fraction of sp³-hybridized carbons (Fsp3) is 0.643. The average molecular weight is 274 g/mol. The molecular formula is C14H22N6. The van der Waals surface area contributed by atoms with Gasteiger partial charge in [-0.2, -0.15) is 15.1 Å². The molecule has 108 valence electrons. The van der Waals surface area contributed by atoms with Crippen molar-refractivity contribution in [1.29, 1.82) is 0 Å². The summed E-state index contributed by atoms with van der Waals surface area (Å²) >= 11 is 0. The van der Waals surface area contributed by atoms with Gasteiger partial charge in [0.2, 0.25) is 5.95 Å². The molecule has 1 aliphatic rings. The zero-order valence-electron chi connectivity index (χ0n) is 12.2. The van der Waals surface area contributed by atoms with Crippen LogP contribution in [0.25, 0.3) is 11.0 Å². The van der Waals surface area contributed by atoms with Crippen LogP contribution in [-0.2, 0) is 0 Å². The van der Waals surface area contributed by atoms with Crippen LogP contribution in [0.15, 0.2) is 6.20 Å². The van der Waals surface area contributed by atoms with Gasteiger partial charge in [-0.1, -0.05) is 25.7 Å². The van der Waals surface area contributed by atoms with E-state index in [1.807, 2.05) is 13.2 Å². The summed E-state index contributed by atoms with van der Waals surface area (Å²) in [4.78, 5) is 11.3. The Morgan fingerprint density at radius 3 is 2.65 bits per heavy atom. The van der Waals surface area contributed by atoms with Crippen molar-refractivity contribution in [2.45, 2.75) is 44.6 Å². The molecule has 0 saturated heterocycles. The maximum absolute atomic E-state index is 4.64. The highest BCUT2D eigenvalue weighted by molar-refractivity contribution is 5.87. The number of nitrogens with one attached hydrogen (secondary N) is 2. The smallest absolute Gasteiger partial charge is 0.226 e. The number of aromatic nitrogens is 4. The number of rotatable bonds is 3. The first-order valence-electron chi connectivity index (χ1n) is 7.41. The van der Waals surface area contributed by atoms with Crippen molar-refractivity contribution >= 4 is 22.8 Å². The molecule has 2 aromatic rings. The number of hydrogen-bond donors (Lipinski definition) is 2. The zero-order valence-corrected chi connectivity index (χ0v) is 12.2. The summed E-state index contributed by atoms with van der Waals surface area (Å²) in [5, 5.41) is 11.1. The van der Waals surface area contributed by atoms with Crippen molar-refractivity contribution in [3.8, 4) is 0 Å². The minimum Gasteiger partial charge on any atom is -0.357 e. The van der Waals surface area contributed by atoms with E-state index in [4.69, 9.17) is 0 Å². The molecule has 1 saturated carbocycles. The highest BCUT2D eigenvalue weighted by Gasteiger charge is 2.21. The van der Waals surface area contributed by atoms with E-state index in [0.717, 1.165) is 16.9 Å². The Labute approximate surface area is 119 Å². The van der Waals surface area contributed by atoms with Crippen LogP contribution in [0.1, 0.15) is 38.5 Å². The van der Waals surface area contributed by atoms with Crippen LogP contribution in [0.2, 0.25) is 0 Å². The molecule has 20 heavy (non-hydrogen) atoms. The van der Waals surface area contributed by atoms with E-state index in [0.29, 0.717) is 12.0 Å². The first-order valence-corrected chi connectivity index (χ1v) is 7.41. The second-order valence-corrected chi connectivity index (χ2v) is 5.51. The number of fused-ring (bicyclic) bond motifs is 1. The summed E-state index contributed by atoms with van der Waals surface area (Å²) in [6, 6.07) is 0.565. The molecule has 6 nitrogen and oxygen atoms in total. The first kappa shape index (κ1) is 13.1. The van der Waals surface area contributed by atoms with Crippen LogP contribution in [0.3, 0.4) is 0 Å². The standard InChI is InChI=1S/C14H22N6/c1-15-14-17-12-11(9-16-19-12)13(18-14)20(2)10-7-5-3-4-6-8-10/h9-10H,3-8H2,1-2H3,(H2,15,16,17,18,19). The number of nitrogens with zero attached hydrogens (tertiary/aromatic N) is 4. The van der Waals surface area contributed by atoms with Gasteiger partial charge in [0.15, 0.2) is 5.65 Å². The Morgan fingerprint density at radius 1 is 1.20 bits per heavy atom. The molecule has 1 aliphatic carbocycles. The maximum atomic E-state index is 4.64. The van der Waals surface area contributed by atoms with Crippen LogP contribution in [0, 0.1) is 0 Å². The van der Waals surface area contributed by atoms with Gasteiger partial charge in [-0.05, 0) is 12.8 Å². The second-order valence-electron chi connectivity index (χ2n) is 5.51. The van der Waals surface area contributed by atoms with Crippen molar-refractivity contribution in [3.63, 3.8) is 0 Å². The van der Waals surface area contributed by atoms with E-state index in [1.165, 1.54) is 38.5 Å². The summed E-state index contributed by atoms with van der Waals surface area (Å²) in [6.07, 6.45) is 9.65. The Bertz CT molecular complexity index is 570. The normalized spacial score (nSPS) is 17.1. The minimum atomic E-state index is 0.565. The fourth-order valence-electron chi connectivity index (χ4n) is 3.02. The third-order valence-corrected chi connectivity index (χ3v) is 4.22. The molecule has 0 atom stereocenters. The van der Waals surface area contributed by atoms with Crippen molar-refractivity contribution in [2.75, 3.05) is 24.3 Å². The second kappa shape index (κ2) is 5.64. The molecule has 2 aromatic heterocycles. The lowest BCUT2D eigenvalue weighted by Gasteiger charge is -2.28. The van der Waals surface area contributed by atoms with Gasteiger partial charge in [-0.25, -0.2) is 0 Å². The Hall–Kier alpha value is -1.85. The number of H-pyrrole nitrogens is 1. The van der Waals surface area contributed by atoms with Crippen LogP contribution < -0.4 is 10.2 Å². The van der Waals surface area contributed by atoms with E-state index in [-0.39, 0.29) is 0 Å². The largest absolute Gasteiger partial charge is 0.357 e. The van der Waals surface area contributed by atoms with Gasteiger partial charge < -0.3 is 10.2 Å². The maximum Gasteiger partial charge on any atom is 0.226 e. The molecule has 6 heteroatoms. The summed E-state index contributed by atoms with van der Waals surface area (Å²) in [7, 11) is 3.98. The molecule has 0 bridgehead atoms. The lowest BCUT2D eigenvalue weighted by Crippen LogP contribution is -2.32. The average Bonchev–Trinajstić information content (AvgIpc) is 2.78. The SMILES string of the molecule is CNc1nc(N(C)C2CCCCCC2)c2cn[nH]c2n1. The van der Waals surface area contributed by atoms with Gasteiger partial charge in [0.25, 0.3) is 0 Å². The van der Waals surface area contributed by atoms with Crippen molar-refractivity contribution in [1.82, 2.24) is 20.2 Å². The lowest BCUT2D eigenvalue weighted by molar-refractivity contribution is 0.550. The predicted molar refractivity (Wildman–Crippen MR) is 81.1 cm³/mol. The third kappa shape index (κ3) is 2.42. The van der Waals surface area contributed by atoms with Crippen molar-refractivity contribution in [2.24, 2.45) is 0 Å². The molecule has 2 N–H and O–H groups in total. The molecule has 0 amide bonds. The van der Waals surface area contributed by atoms with E-state index in [2.05, 4.69) is 37.4 Å². The number of hydrogen-bond acceptors (Lipinski definition) is 5. The van der Waals surface area contributed by atoms with Crippen LogP contribution >= 0.6 is 0 Å². The van der Waals surface area contributed by atoms with E-state index < -0.39 is 0 Å². The quantitative estimate of drug-likeness (QED) is 0.842. The Kier molecular flexibility index (Phi) is 3.71. The number of anilines is 2. The molecule has 0 spiro atoms. The monoisotopic (exact) mass is 274 g/mol. The van der Waals surface area contributed by atoms with Gasteiger partial charge in [-0.3, -0.25) is 5.10 Å². The topological polar surface area (TPSA) is 69.7 Å². The van der Waals surface area contributed by atoms with E-state index in [9.17, 15) is 0 Å².